The molecule has 0 aromatic carbocycles. The van der Waals surface area contributed by atoms with Crippen molar-refractivity contribution in [2.24, 2.45) is 5.41 Å². The first-order valence-corrected chi connectivity index (χ1v) is 6.85. The summed E-state index contributed by atoms with van der Waals surface area (Å²) in [7, 11) is 0. The molecule has 0 spiro atoms. The van der Waals surface area contributed by atoms with E-state index in [9.17, 15) is 9.59 Å². The van der Waals surface area contributed by atoms with E-state index in [0.717, 1.165) is 0 Å². The van der Waals surface area contributed by atoms with Gasteiger partial charge in [0.15, 0.2) is 0 Å². The smallest absolute Gasteiger partial charge is 0.305 e. The summed E-state index contributed by atoms with van der Waals surface area (Å²) in [5.41, 5.74) is -0.513. The largest absolute Gasteiger partial charge is 0.465 e. The molecule has 20 heavy (non-hydrogen) atoms. The van der Waals surface area contributed by atoms with Crippen LogP contribution in [0.5, 0.6) is 0 Å². The Morgan fingerprint density at radius 1 is 1.15 bits per heavy atom. The van der Waals surface area contributed by atoms with E-state index in [0.29, 0.717) is 25.7 Å². The lowest BCUT2D eigenvalue weighted by Gasteiger charge is -2.30. The van der Waals surface area contributed by atoms with E-state index in [4.69, 9.17) is 9.47 Å². The van der Waals surface area contributed by atoms with Gasteiger partial charge < -0.3 is 9.47 Å². The van der Waals surface area contributed by atoms with E-state index in [1.165, 1.54) is 0 Å². The van der Waals surface area contributed by atoms with Gasteiger partial charge in [-0.1, -0.05) is 19.9 Å². The molecule has 4 heteroatoms. The fraction of sp³-hybridized carbons (Fsp3) is 0.625. The fourth-order valence-electron chi connectivity index (χ4n) is 1.59. The molecule has 0 bridgehead atoms. The maximum atomic E-state index is 11.3. The molecule has 0 heterocycles. The van der Waals surface area contributed by atoms with Gasteiger partial charge in [-0.15, -0.1) is 18.4 Å². The molecular formula is C16H24O4. The Balaban J connectivity index is 4.89. The third-order valence-corrected chi connectivity index (χ3v) is 2.87. The standard InChI is InChI=1S/C16H24O4/c1-5-9-11-16(10-6-2,12-19-14(17)7-3)13-20-15(18)8-4/h6H,2,7-8,10-13H2,1,3-4H3. The van der Waals surface area contributed by atoms with Crippen LogP contribution in [0.3, 0.4) is 0 Å². The van der Waals surface area contributed by atoms with Crippen LogP contribution in [0.1, 0.15) is 46.5 Å². The molecule has 0 unspecified atom stereocenters. The van der Waals surface area contributed by atoms with Gasteiger partial charge in [0.25, 0.3) is 0 Å². The Labute approximate surface area is 121 Å². The van der Waals surface area contributed by atoms with Crippen LogP contribution in [0.25, 0.3) is 0 Å². The Bertz CT molecular complexity index is 367. The predicted molar refractivity (Wildman–Crippen MR) is 77.8 cm³/mol. The van der Waals surface area contributed by atoms with Crippen molar-refractivity contribution in [2.75, 3.05) is 13.2 Å². The average molecular weight is 280 g/mol. The lowest BCUT2D eigenvalue weighted by atomic mass is 9.83. The number of hydrogen-bond donors (Lipinski definition) is 0. The van der Waals surface area contributed by atoms with Gasteiger partial charge in [0.1, 0.15) is 13.2 Å². The van der Waals surface area contributed by atoms with Crippen molar-refractivity contribution in [3.63, 3.8) is 0 Å². The molecule has 112 valence electrons. The molecular weight excluding hydrogens is 256 g/mol. The first-order valence-electron chi connectivity index (χ1n) is 6.85. The summed E-state index contributed by atoms with van der Waals surface area (Å²) in [6, 6.07) is 0. The third kappa shape index (κ3) is 6.98. The molecule has 0 rings (SSSR count). The van der Waals surface area contributed by atoms with Crippen molar-refractivity contribution >= 4 is 11.9 Å². The number of carbonyl (C=O) groups excluding carboxylic acids is 2. The maximum Gasteiger partial charge on any atom is 0.305 e. The first kappa shape index (κ1) is 18.2. The molecule has 0 fully saturated rings. The second-order valence-corrected chi connectivity index (χ2v) is 4.62. The second-order valence-electron chi connectivity index (χ2n) is 4.62. The van der Waals surface area contributed by atoms with Crippen molar-refractivity contribution in [3.05, 3.63) is 12.7 Å². The van der Waals surface area contributed by atoms with Gasteiger partial charge in [-0.3, -0.25) is 9.59 Å². The summed E-state index contributed by atoms with van der Waals surface area (Å²) >= 11 is 0. The Morgan fingerprint density at radius 2 is 1.65 bits per heavy atom. The molecule has 0 aromatic heterocycles. The van der Waals surface area contributed by atoms with Gasteiger partial charge in [-0.2, -0.15) is 0 Å². The molecule has 4 nitrogen and oxygen atoms in total. The summed E-state index contributed by atoms with van der Waals surface area (Å²) in [6.45, 7) is 9.29. The number of allylic oxidation sites excluding steroid dienone is 1. The topological polar surface area (TPSA) is 52.6 Å². The molecule has 0 N–H and O–H groups in total. The fourth-order valence-corrected chi connectivity index (χ4v) is 1.59. The van der Waals surface area contributed by atoms with E-state index >= 15 is 0 Å². The molecule has 0 aliphatic carbocycles. The van der Waals surface area contributed by atoms with Crippen LogP contribution in [0.15, 0.2) is 12.7 Å². The van der Waals surface area contributed by atoms with Gasteiger partial charge in [0.2, 0.25) is 0 Å². The minimum absolute atomic E-state index is 0.178. The molecule has 0 saturated heterocycles. The molecule has 0 aliphatic rings. The number of ether oxygens (including phenoxy) is 2. The summed E-state index contributed by atoms with van der Waals surface area (Å²) in [5, 5.41) is 0. The average Bonchev–Trinajstić information content (AvgIpc) is 2.47. The van der Waals surface area contributed by atoms with Crippen LogP contribution < -0.4 is 0 Å². The number of carbonyl (C=O) groups is 2. The van der Waals surface area contributed by atoms with E-state index in [1.54, 1.807) is 26.8 Å². The van der Waals surface area contributed by atoms with E-state index in [-0.39, 0.29) is 25.2 Å². The molecule has 0 saturated carbocycles. The number of esters is 2. The van der Waals surface area contributed by atoms with Crippen LogP contribution in [0, 0.1) is 17.3 Å². The predicted octanol–water partition coefficient (Wildman–Crippen LogP) is 2.87. The zero-order valence-corrected chi connectivity index (χ0v) is 12.7. The highest BCUT2D eigenvalue weighted by Crippen LogP contribution is 2.28. The van der Waals surface area contributed by atoms with Crippen molar-refractivity contribution in [1.82, 2.24) is 0 Å². The van der Waals surface area contributed by atoms with Crippen LogP contribution in [-0.2, 0) is 19.1 Å². The molecule has 0 atom stereocenters. The maximum absolute atomic E-state index is 11.3. The Kier molecular flexibility index (Phi) is 9.19. The van der Waals surface area contributed by atoms with Gasteiger partial charge in [-0.25, -0.2) is 0 Å². The Morgan fingerprint density at radius 3 is 2.00 bits per heavy atom. The lowest BCUT2D eigenvalue weighted by Crippen LogP contribution is -2.34. The number of hydrogen-bond acceptors (Lipinski definition) is 4. The van der Waals surface area contributed by atoms with Crippen molar-refractivity contribution in [2.45, 2.75) is 46.5 Å². The summed E-state index contributed by atoms with van der Waals surface area (Å²) in [4.78, 5) is 22.7. The van der Waals surface area contributed by atoms with Crippen LogP contribution >= 0.6 is 0 Å². The van der Waals surface area contributed by atoms with E-state index in [2.05, 4.69) is 18.4 Å². The minimum atomic E-state index is -0.513. The van der Waals surface area contributed by atoms with Gasteiger partial charge >= 0.3 is 11.9 Å². The first-order chi connectivity index (χ1) is 9.53. The second kappa shape index (κ2) is 10.1. The zero-order valence-electron chi connectivity index (χ0n) is 12.7. The molecule has 0 aliphatic heterocycles. The highest BCUT2D eigenvalue weighted by Gasteiger charge is 2.31. The molecule has 0 amide bonds. The van der Waals surface area contributed by atoms with Crippen molar-refractivity contribution in [3.8, 4) is 11.8 Å². The summed E-state index contributed by atoms with van der Waals surface area (Å²) < 4.78 is 10.5. The SMILES string of the molecule is C=CCC(CC#CC)(COC(=O)CC)COC(=O)CC. The summed E-state index contributed by atoms with van der Waals surface area (Å²) in [6.07, 6.45) is 3.42. The van der Waals surface area contributed by atoms with E-state index in [1.807, 2.05) is 0 Å². The van der Waals surface area contributed by atoms with E-state index < -0.39 is 5.41 Å². The summed E-state index contributed by atoms with van der Waals surface area (Å²) in [5.74, 6) is 5.25. The molecule has 0 aromatic rings. The third-order valence-electron chi connectivity index (χ3n) is 2.87. The number of rotatable bonds is 9. The highest BCUT2D eigenvalue weighted by molar-refractivity contribution is 5.69. The molecule has 0 radical (unpaired) electrons. The van der Waals surface area contributed by atoms with Crippen LogP contribution in [0.4, 0.5) is 0 Å². The lowest BCUT2D eigenvalue weighted by molar-refractivity contribution is -0.153. The van der Waals surface area contributed by atoms with Crippen molar-refractivity contribution < 1.29 is 19.1 Å². The van der Waals surface area contributed by atoms with Gasteiger partial charge in [0, 0.05) is 19.3 Å². The van der Waals surface area contributed by atoms with Gasteiger partial charge in [0.05, 0.1) is 5.41 Å². The highest BCUT2D eigenvalue weighted by atomic mass is 16.5. The van der Waals surface area contributed by atoms with Crippen LogP contribution in [0.2, 0.25) is 0 Å². The minimum Gasteiger partial charge on any atom is -0.465 e. The quantitative estimate of drug-likeness (QED) is 0.370. The zero-order chi connectivity index (χ0) is 15.4. The van der Waals surface area contributed by atoms with Crippen molar-refractivity contribution in [1.29, 1.82) is 0 Å². The monoisotopic (exact) mass is 280 g/mol. The van der Waals surface area contributed by atoms with Crippen LogP contribution in [-0.4, -0.2) is 25.2 Å². The van der Waals surface area contributed by atoms with Gasteiger partial charge in [-0.05, 0) is 13.3 Å². The Hall–Kier alpha value is -1.76. The normalized spacial score (nSPS) is 10.2.